The zero-order chi connectivity index (χ0) is 10.8. The lowest BCUT2D eigenvalue weighted by Gasteiger charge is -1.98. The Morgan fingerprint density at radius 3 is 2.87 bits per heavy atom. The summed E-state index contributed by atoms with van der Waals surface area (Å²) in [4.78, 5) is 4.52. The first kappa shape index (κ1) is 11.1. The molecule has 15 heavy (non-hydrogen) atoms. The van der Waals surface area contributed by atoms with E-state index in [0.29, 0.717) is 0 Å². The summed E-state index contributed by atoms with van der Waals surface area (Å²) < 4.78 is 0.798. The van der Waals surface area contributed by atoms with Crippen LogP contribution in [-0.4, -0.2) is 11.0 Å². The Labute approximate surface area is 102 Å². The number of halogens is 1. The molecule has 0 bridgehead atoms. The Morgan fingerprint density at radius 1 is 1.47 bits per heavy atom. The molecule has 1 unspecified atom stereocenters. The van der Waals surface area contributed by atoms with E-state index in [0.717, 1.165) is 27.0 Å². The van der Waals surface area contributed by atoms with Crippen LogP contribution in [0.4, 0.5) is 0 Å². The fourth-order valence-corrected chi connectivity index (χ4v) is 3.08. The number of nitrogens with zero attached hydrogens (tertiary/aromatic N) is 1. The molecule has 0 saturated carbocycles. The molecule has 2 aromatic heterocycles. The van der Waals surface area contributed by atoms with Gasteiger partial charge in [0.15, 0.2) is 0 Å². The van der Waals surface area contributed by atoms with Crippen molar-refractivity contribution in [2.24, 2.45) is 5.73 Å². The summed E-state index contributed by atoms with van der Waals surface area (Å²) >= 11 is 9.06. The summed E-state index contributed by atoms with van der Waals surface area (Å²) in [6.07, 6.45) is 0.836. The number of rotatable bonds is 3. The minimum Gasteiger partial charge on any atom is -0.328 e. The highest BCUT2D eigenvalue weighted by atomic mass is 35.5. The lowest BCUT2D eigenvalue weighted by Crippen LogP contribution is -2.17. The van der Waals surface area contributed by atoms with Crippen molar-refractivity contribution in [2.75, 3.05) is 0 Å². The standard InChI is InChI=1S/C10H11ClN2S2/c1-6(12)2-10-13-8(5-15-10)7-3-9(11)14-4-7/h3-6H,2,12H2,1H3. The minimum atomic E-state index is 0.162. The molecule has 0 aliphatic carbocycles. The van der Waals surface area contributed by atoms with Crippen molar-refractivity contribution in [3.63, 3.8) is 0 Å². The largest absolute Gasteiger partial charge is 0.328 e. The Morgan fingerprint density at radius 2 is 2.27 bits per heavy atom. The average Bonchev–Trinajstić information content (AvgIpc) is 2.72. The molecule has 1 atom stereocenters. The molecule has 2 N–H and O–H groups in total. The van der Waals surface area contributed by atoms with Crippen molar-refractivity contribution in [2.45, 2.75) is 19.4 Å². The van der Waals surface area contributed by atoms with Gasteiger partial charge in [0.25, 0.3) is 0 Å². The van der Waals surface area contributed by atoms with E-state index in [9.17, 15) is 0 Å². The first-order valence-corrected chi connectivity index (χ1v) is 6.73. The van der Waals surface area contributed by atoms with Gasteiger partial charge in [0.05, 0.1) is 15.0 Å². The Balaban J connectivity index is 2.20. The maximum absolute atomic E-state index is 5.88. The summed E-state index contributed by atoms with van der Waals surface area (Å²) in [5.41, 5.74) is 7.82. The molecule has 0 aliphatic heterocycles. The summed E-state index contributed by atoms with van der Waals surface area (Å²) in [6, 6.07) is 2.10. The highest BCUT2D eigenvalue weighted by molar-refractivity contribution is 7.14. The van der Waals surface area contributed by atoms with Crippen molar-refractivity contribution < 1.29 is 0 Å². The SMILES string of the molecule is CC(N)Cc1nc(-c2csc(Cl)c2)cs1. The molecule has 0 saturated heterocycles. The van der Waals surface area contributed by atoms with E-state index in [1.54, 1.807) is 11.3 Å². The molecule has 2 aromatic rings. The molecule has 0 spiro atoms. The maximum atomic E-state index is 5.88. The molecule has 5 heteroatoms. The lowest BCUT2D eigenvalue weighted by atomic mass is 10.2. The van der Waals surface area contributed by atoms with Crippen molar-refractivity contribution in [1.82, 2.24) is 4.98 Å². The molecule has 0 radical (unpaired) electrons. The van der Waals surface area contributed by atoms with Gasteiger partial charge in [0.2, 0.25) is 0 Å². The van der Waals surface area contributed by atoms with Crippen LogP contribution in [0.1, 0.15) is 11.9 Å². The van der Waals surface area contributed by atoms with Gasteiger partial charge < -0.3 is 5.73 Å². The molecule has 2 nitrogen and oxygen atoms in total. The van der Waals surface area contributed by atoms with Crippen LogP contribution in [-0.2, 0) is 6.42 Å². The second-order valence-corrected chi connectivity index (χ2v) is 5.93. The van der Waals surface area contributed by atoms with Crippen molar-refractivity contribution in [1.29, 1.82) is 0 Å². The normalized spacial score (nSPS) is 13.0. The van der Waals surface area contributed by atoms with E-state index in [2.05, 4.69) is 10.4 Å². The fourth-order valence-electron chi connectivity index (χ4n) is 1.26. The van der Waals surface area contributed by atoms with E-state index < -0.39 is 0 Å². The van der Waals surface area contributed by atoms with Gasteiger partial charge in [-0.2, -0.15) is 0 Å². The van der Waals surface area contributed by atoms with Gasteiger partial charge in [0, 0.05) is 28.8 Å². The van der Waals surface area contributed by atoms with Gasteiger partial charge in [-0.1, -0.05) is 11.6 Å². The van der Waals surface area contributed by atoms with Crippen LogP contribution in [0.2, 0.25) is 4.34 Å². The van der Waals surface area contributed by atoms with Crippen LogP contribution < -0.4 is 5.73 Å². The number of nitrogens with two attached hydrogens (primary N) is 1. The molecule has 2 rings (SSSR count). The van der Waals surface area contributed by atoms with E-state index in [4.69, 9.17) is 17.3 Å². The third kappa shape index (κ3) is 2.78. The Kier molecular flexibility index (Phi) is 3.41. The van der Waals surface area contributed by atoms with Crippen molar-refractivity contribution in [3.8, 4) is 11.3 Å². The highest BCUT2D eigenvalue weighted by Crippen LogP contribution is 2.29. The summed E-state index contributed by atoms with van der Waals surface area (Å²) in [5.74, 6) is 0. The van der Waals surface area contributed by atoms with Crippen LogP contribution in [0, 0.1) is 0 Å². The van der Waals surface area contributed by atoms with Crippen molar-refractivity contribution in [3.05, 3.63) is 26.2 Å². The van der Waals surface area contributed by atoms with E-state index in [-0.39, 0.29) is 6.04 Å². The van der Waals surface area contributed by atoms with Gasteiger partial charge in [-0.3, -0.25) is 0 Å². The van der Waals surface area contributed by atoms with E-state index in [1.807, 2.05) is 18.4 Å². The number of aromatic nitrogens is 1. The summed E-state index contributed by atoms with van der Waals surface area (Å²) in [5, 5.41) is 5.16. The Hall–Kier alpha value is -0.420. The third-order valence-electron chi connectivity index (χ3n) is 1.91. The first-order valence-electron chi connectivity index (χ1n) is 4.59. The van der Waals surface area contributed by atoms with Crippen LogP contribution in [0.5, 0.6) is 0 Å². The Bertz CT molecular complexity index is 448. The van der Waals surface area contributed by atoms with Crippen LogP contribution >= 0.6 is 34.3 Å². The molecule has 0 fully saturated rings. The van der Waals surface area contributed by atoms with Gasteiger partial charge in [0.1, 0.15) is 0 Å². The maximum Gasteiger partial charge on any atom is 0.0947 e. The number of hydrogen-bond acceptors (Lipinski definition) is 4. The highest BCUT2D eigenvalue weighted by Gasteiger charge is 2.07. The van der Waals surface area contributed by atoms with Crippen LogP contribution in [0.25, 0.3) is 11.3 Å². The number of thiophene rings is 1. The average molecular weight is 259 g/mol. The lowest BCUT2D eigenvalue weighted by molar-refractivity contribution is 0.734. The predicted octanol–water partition coefficient (Wildman–Crippen LogP) is 3.41. The molecular weight excluding hydrogens is 248 g/mol. The van der Waals surface area contributed by atoms with E-state index >= 15 is 0 Å². The second-order valence-electron chi connectivity index (χ2n) is 3.45. The van der Waals surface area contributed by atoms with Gasteiger partial charge in [-0.25, -0.2) is 4.98 Å². The van der Waals surface area contributed by atoms with Gasteiger partial charge in [-0.05, 0) is 13.0 Å². The zero-order valence-electron chi connectivity index (χ0n) is 8.24. The summed E-state index contributed by atoms with van der Waals surface area (Å²) in [7, 11) is 0. The van der Waals surface area contributed by atoms with Gasteiger partial charge in [-0.15, -0.1) is 22.7 Å². The topological polar surface area (TPSA) is 38.9 Å². The van der Waals surface area contributed by atoms with Crippen LogP contribution in [0.15, 0.2) is 16.8 Å². The third-order valence-corrected chi connectivity index (χ3v) is 3.87. The monoisotopic (exact) mass is 258 g/mol. The molecule has 2 heterocycles. The van der Waals surface area contributed by atoms with Crippen molar-refractivity contribution >= 4 is 34.3 Å². The van der Waals surface area contributed by atoms with E-state index in [1.165, 1.54) is 11.3 Å². The molecule has 0 aromatic carbocycles. The zero-order valence-corrected chi connectivity index (χ0v) is 10.6. The number of hydrogen-bond donors (Lipinski definition) is 1. The number of thiazole rings is 1. The summed E-state index contributed by atoms with van der Waals surface area (Å²) in [6.45, 7) is 1.99. The molecule has 0 amide bonds. The molecule has 80 valence electrons. The molecular formula is C10H11ClN2S2. The fraction of sp³-hybridized carbons (Fsp3) is 0.300. The second kappa shape index (κ2) is 4.61. The van der Waals surface area contributed by atoms with Crippen LogP contribution in [0.3, 0.4) is 0 Å². The van der Waals surface area contributed by atoms with Gasteiger partial charge >= 0.3 is 0 Å². The molecule has 0 aliphatic rings. The quantitative estimate of drug-likeness (QED) is 0.916. The first-order chi connectivity index (χ1) is 7.15. The minimum absolute atomic E-state index is 0.162. The smallest absolute Gasteiger partial charge is 0.0947 e. The predicted molar refractivity (Wildman–Crippen MR) is 67.8 cm³/mol.